The molecule has 2 amide bonds. The summed E-state index contributed by atoms with van der Waals surface area (Å²) >= 11 is 3.38. The lowest BCUT2D eigenvalue weighted by molar-refractivity contribution is 0.130. The van der Waals surface area contributed by atoms with Gasteiger partial charge in [0.25, 0.3) is 0 Å². The van der Waals surface area contributed by atoms with Crippen molar-refractivity contribution in [2.75, 3.05) is 19.1 Å². The van der Waals surface area contributed by atoms with E-state index in [-0.39, 0.29) is 6.61 Å². The van der Waals surface area contributed by atoms with Crippen molar-refractivity contribution in [2.45, 2.75) is 13.5 Å². The molecule has 0 aromatic heterocycles. The zero-order chi connectivity index (χ0) is 19.8. The summed E-state index contributed by atoms with van der Waals surface area (Å²) in [4.78, 5) is 30.2. The summed E-state index contributed by atoms with van der Waals surface area (Å²) in [6, 6.07) is 14.4. The van der Waals surface area contributed by atoms with Gasteiger partial charge in [0, 0.05) is 10.0 Å². The lowest BCUT2D eigenvalue weighted by atomic mass is 10.1. The highest BCUT2D eigenvalue weighted by Crippen LogP contribution is 2.23. The Morgan fingerprint density at radius 3 is 2.19 bits per heavy atom. The third-order valence-electron chi connectivity index (χ3n) is 3.63. The Morgan fingerprint density at radius 2 is 1.59 bits per heavy atom. The minimum atomic E-state index is -0.858. The number of hydrogen-bond donors (Lipinski definition) is 0. The molecule has 0 N–H and O–H groups in total. The second-order valence-electron chi connectivity index (χ2n) is 5.36. The summed E-state index contributed by atoms with van der Waals surface area (Å²) in [6.07, 6.45) is -1.72. The Balaban J connectivity index is 2.20. The van der Waals surface area contributed by atoms with Crippen molar-refractivity contribution in [3.05, 3.63) is 64.1 Å². The van der Waals surface area contributed by atoms with Crippen LogP contribution in [0.5, 0.6) is 0 Å². The normalized spacial score (nSPS) is 10.9. The average Bonchev–Trinajstić information content (AvgIpc) is 2.69. The minimum absolute atomic E-state index is 0.0501. The van der Waals surface area contributed by atoms with Crippen LogP contribution in [-0.4, -0.2) is 32.1 Å². The zero-order valence-corrected chi connectivity index (χ0v) is 16.7. The number of imide groups is 1. The van der Waals surface area contributed by atoms with Gasteiger partial charge in [0.05, 0.1) is 25.6 Å². The third kappa shape index (κ3) is 5.30. The van der Waals surface area contributed by atoms with Crippen molar-refractivity contribution in [2.24, 2.45) is 5.16 Å². The molecule has 27 heavy (non-hydrogen) atoms. The summed E-state index contributed by atoms with van der Waals surface area (Å²) < 4.78 is 10.3. The van der Waals surface area contributed by atoms with E-state index in [0.29, 0.717) is 17.0 Å². The standard InChI is InChI=1S/C19H19BrN2O5/c1-13(14-8-10-16(20)11-9-14)21-27-12-15-6-4-5-7-17(15)22(18(23)25-2)19(24)26-3/h4-11H,12H2,1-3H3. The molecule has 0 aliphatic heterocycles. The first-order valence-corrected chi connectivity index (χ1v) is 8.73. The highest BCUT2D eigenvalue weighted by molar-refractivity contribution is 9.10. The van der Waals surface area contributed by atoms with Gasteiger partial charge in [0.2, 0.25) is 0 Å². The number of carbonyl (C=O) groups excluding carboxylic acids is 2. The maximum absolute atomic E-state index is 12.0. The Bertz CT molecular complexity index is 820. The van der Waals surface area contributed by atoms with E-state index >= 15 is 0 Å². The van der Waals surface area contributed by atoms with Gasteiger partial charge in [-0.3, -0.25) is 0 Å². The van der Waals surface area contributed by atoms with E-state index in [4.69, 9.17) is 4.84 Å². The lowest BCUT2D eigenvalue weighted by Gasteiger charge is -2.20. The SMILES string of the molecule is COC(=O)N(C(=O)OC)c1ccccc1CON=C(C)c1ccc(Br)cc1. The zero-order valence-electron chi connectivity index (χ0n) is 15.1. The number of para-hydroxylation sites is 1. The van der Waals surface area contributed by atoms with Crippen molar-refractivity contribution >= 4 is 39.5 Å². The number of carbonyl (C=O) groups is 2. The van der Waals surface area contributed by atoms with Gasteiger partial charge in [-0.1, -0.05) is 51.4 Å². The van der Waals surface area contributed by atoms with E-state index in [9.17, 15) is 9.59 Å². The maximum atomic E-state index is 12.0. The molecule has 0 aliphatic rings. The molecule has 2 aromatic carbocycles. The smallest absolute Gasteiger partial charge is 0.423 e. The van der Waals surface area contributed by atoms with Crippen molar-refractivity contribution in [1.82, 2.24) is 0 Å². The molecule has 0 atom stereocenters. The Kier molecular flexibility index (Phi) is 7.36. The van der Waals surface area contributed by atoms with Crippen LogP contribution >= 0.6 is 15.9 Å². The highest BCUT2D eigenvalue weighted by atomic mass is 79.9. The minimum Gasteiger partial charge on any atom is -0.452 e. The van der Waals surface area contributed by atoms with E-state index in [1.54, 1.807) is 24.3 Å². The largest absolute Gasteiger partial charge is 0.452 e. The molecule has 0 aliphatic carbocycles. The van der Waals surface area contributed by atoms with Crippen LogP contribution in [0.3, 0.4) is 0 Å². The predicted octanol–water partition coefficient (Wildman–Crippen LogP) is 4.73. The fourth-order valence-electron chi connectivity index (χ4n) is 2.25. The number of hydrogen-bond acceptors (Lipinski definition) is 6. The van der Waals surface area contributed by atoms with Gasteiger partial charge in [-0.15, -0.1) is 0 Å². The maximum Gasteiger partial charge on any atom is 0.423 e. The van der Waals surface area contributed by atoms with E-state index in [1.165, 1.54) is 14.2 Å². The molecular weight excluding hydrogens is 416 g/mol. The van der Waals surface area contributed by atoms with Crippen molar-refractivity contribution < 1.29 is 23.9 Å². The Morgan fingerprint density at radius 1 is 1.00 bits per heavy atom. The molecule has 0 fully saturated rings. The number of amides is 2. The van der Waals surface area contributed by atoms with Crippen LogP contribution in [0.4, 0.5) is 15.3 Å². The van der Waals surface area contributed by atoms with Crippen LogP contribution in [0.25, 0.3) is 0 Å². The molecule has 2 rings (SSSR count). The van der Waals surface area contributed by atoms with Crippen LogP contribution in [0, 0.1) is 0 Å². The molecule has 142 valence electrons. The number of oxime groups is 1. The van der Waals surface area contributed by atoms with E-state index in [2.05, 4.69) is 30.6 Å². The first kappa shape index (κ1) is 20.4. The molecule has 2 aromatic rings. The Labute approximate surface area is 165 Å². The number of benzene rings is 2. The molecule has 0 bridgehead atoms. The van der Waals surface area contributed by atoms with Crippen LogP contribution < -0.4 is 4.90 Å². The van der Waals surface area contributed by atoms with Gasteiger partial charge >= 0.3 is 12.2 Å². The van der Waals surface area contributed by atoms with Crippen LogP contribution in [-0.2, 0) is 20.9 Å². The molecule has 0 saturated carbocycles. The monoisotopic (exact) mass is 434 g/mol. The number of anilines is 1. The number of halogens is 1. The van der Waals surface area contributed by atoms with Gasteiger partial charge in [-0.2, -0.15) is 4.90 Å². The second-order valence-corrected chi connectivity index (χ2v) is 6.28. The first-order valence-electron chi connectivity index (χ1n) is 7.94. The summed E-state index contributed by atoms with van der Waals surface area (Å²) in [7, 11) is 2.37. The summed E-state index contributed by atoms with van der Waals surface area (Å²) in [5.74, 6) is 0. The fourth-order valence-corrected chi connectivity index (χ4v) is 2.51. The van der Waals surface area contributed by atoms with Crippen molar-refractivity contribution in [1.29, 1.82) is 0 Å². The number of rotatable bonds is 5. The van der Waals surface area contributed by atoms with Gasteiger partial charge < -0.3 is 14.3 Å². The summed E-state index contributed by atoms with van der Waals surface area (Å²) in [5.41, 5.74) is 2.48. The van der Waals surface area contributed by atoms with Crippen molar-refractivity contribution in [3.63, 3.8) is 0 Å². The van der Waals surface area contributed by atoms with E-state index in [0.717, 1.165) is 14.9 Å². The lowest BCUT2D eigenvalue weighted by Crippen LogP contribution is -2.37. The molecule has 0 radical (unpaired) electrons. The van der Waals surface area contributed by atoms with Gasteiger partial charge in [-0.05, 0) is 30.7 Å². The van der Waals surface area contributed by atoms with Gasteiger partial charge in [0.15, 0.2) is 0 Å². The quantitative estimate of drug-likeness (QED) is 0.501. The molecule has 8 heteroatoms. The summed E-state index contributed by atoms with van der Waals surface area (Å²) in [6.45, 7) is 1.87. The molecule has 0 spiro atoms. The topological polar surface area (TPSA) is 77.4 Å². The number of nitrogens with zero attached hydrogens (tertiary/aromatic N) is 2. The summed E-state index contributed by atoms with van der Waals surface area (Å²) in [5, 5.41) is 4.10. The van der Waals surface area contributed by atoms with Crippen molar-refractivity contribution in [3.8, 4) is 0 Å². The predicted molar refractivity (Wildman–Crippen MR) is 105 cm³/mol. The van der Waals surface area contributed by atoms with Gasteiger partial charge in [0.1, 0.15) is 6.61 Å². The average molecular weight is 435 g/mol. The Hall–Kier alpha value is -2.87. The molecular formula is C19H19BrN2O5. The van der Waals surface area contributed by atoms with Gasteiger partial charge in [-0.25, -0.2) is 9.59 Å². The number of methoxy groups -OCH3 is 2. The fraction of sp³-hybridized carbons (Fsp3) is 0.211. The first-order chi connectivity index (χ1) is 13.0. The molecule has 7 nitrogen and oxygen atoms in total. The van der Waals surface area contributed by atoms with Crippen LogP contribution in [0.2, 0.25) is 0 Å². The van der Waals surface area contributed by atoms with E-state index in [1.807, 2.05) is 31.2 Å². The van der Waals surface area contributed by atoms with Crippen LogP contribution in [0.15, 0.2) is 58.2 Å². The van der Waals surface area contributed by atoms with Crippen LogP contribution in [0.1, 0.15) is 18.1 Å². The third-order valence-corrected chi connectivity index (χ3v) is 4.16. The molecule has 0 heterocycles. The second kappa shape index (κ2) is 9.72. The molecule has 0 unspecified atom stereocenters. The van der Waals surface area contributed by atoms with E-state index < -0.39 is 12.2 Å². The molecule has 0 saturated heterocycles. The highest BCUT2D eigenvalue weighted by Gasteiger charge is 2.27. The number of ether oxygens (including phenoxy) is 2.